The van der Waals surface area contributed by atoms with Crippen molar-refractivity contribution >= 4 is 17.7 Å². The van der Waals surface area contributed by atoms with E-state index < -0.39 is 0 Å². The predicted octanol–water partition coefficient (Wildman–Crippen LogP) is 4.08. The summed E-state index contributed by atoms with van der Waals surface area (Å²) in [6.45, 7) is 1.45. The molecule has 1 atom stereocenters. The summed E-state index contributed by atoms with van der Waals surface area (Å²) < 4.78 is 5.40. The molecule has 3 heteroatoms. The smallest absolute Gasteiger partial charge is 0.303 e. The lowest BCUT2D eigenvalue weighted by atomic mass is 10.1. The van der Waals surface area contributed by atoms with E-state index in [-0.39, 0.29) is 12.1 Å². The van der Waals surface area contributed by atoms with E-state index in [0.29, 0.717) is 5.75 Å². The van der Waals surface area contributed by atoms with E-state index in [4.69, 9.17) is 4.74 Å². The van der Waals surface area contributed by atoms with Crippen LogP contribution in [-0.4, -0.2) is 11.7 Å². The van der Waals surface area contributed by atoms with Crippen LogP contribution in [0.5, 0.6) is 0 Å². The van der Waals surface area contributed by atoms with Crippen molar-refractivity contribution < 1.29 is 9.53 Å². The van der Waals surface area contributed by atoms with E-state index in [0.717, 1.165) is 5.56 Å². The minimum Gasteiger partial charge on any atom is -0.457 e. The molecule has 0 spiro atoms. The van der Waals surface area contributed by atoms with Crippen molar-refractivity contribution in [2.24, 2.45) is 0 Å². The van der Waals surface area contributed by atoms with Crippen LogP contribution in [0.4, 0.5) is 0 Å². The molecule has 0 aliphatic rings. The number of hydrogen-bond acceptors (Lipinski definition) is 3. The SMILES string of the molecule is CC(=O)O[C@H](CSc1ccccc1)c1ccccc1. The Balaban J connectivity index is 2.04. The van der Waals surface area contributed by atoms with Gasteiger partial charge in [0.2, 0.25) is 0 Å². The largest absolute Gasteiger partial charge is 0.457 e. The van der Waals surface area contributed by atoms with Crippen LogP contribution in [0.15, 0.2) is 65.6 Å². The summed E-state index contributed by atoms with van der Waals surface area (Å²) in [4.78, 5) is 12.4. The first kappa shape index (κ1) is 13.7. The van der Waals surface area contributed by atoms with Crippen molar-refractivity contribution in [3.8, 4) is 0 Å². The zero-order valence-electron chi connectivity index (χ0n) is 10.8. The summed E-state index contributed by atoms with van der Waals surface area (Å²) >= 11 is 1.69. The van der Waals surface area contributed by atoms with Crippen LogP contribution in [0.1, 0.15) is 18.6 Å². The lowest BCUT2D eigenvalue weighted by Gasteiger charge is -2.17. The van der Waals surface area contributed by atoms with Gasteiger partial charge in [0.15, 0.2) is 0 Å². The monoisotopic (exact) mass is 272 g/mol. The van der Waals surface area contributed by atoms with Crippen LogP contribution in [0, 0.1) is 0 Å². The molecule has 0 aliphatic carbocycles. The topological polar surface area (TPSA) is 26.3 Å². The highest BCUT2D eigenvalue weighted by atomic mass is 32.2. The first-order valence-electron chi connectivity index (χ1n) is 6.16. The number of hydrogen-bond donors (Lipinski definition) is 0. The van der Waals surface area contributed by atoms with Gasteiger partial charge in [-0.2, -0.15) is 0 Å². The molecule has 19 heavy (non-hydrogen) atoms. The average Bonchev–Trinajstić information content (AvgIpc) is 2.45. The second kappa shape index (κ2) is 7.00. The molecular formula is C16H16O2S. The number of ether oxygens (including phenoxy) is 1. The van der Waals surface area contributed by atoms with E-state index in [1.54, 1.807) is 11.8 Å². The second-order valence-corrected chi connectivity index (χ2v) is 5.23. The second-order valence-electron chi connectivity index (χ2n) is 4.13. The summed E-state index contributed by atoms with van der Waals surface area (Å²) in [5.74, 6) is 0.468. The Morgan fingerprint density at radius 2 is 1.63 bits per heavy atom. The molecule has 98 valence electrons. The molecule has 2 rings (SSSR count). The van der Waals surface area contributed by atoms with E-state index in [2.05, 4.69) is 12.1 Å². The Labute approximate surface area is 117 Å². The minimum absolute atomic E-state index is 0.205. The van der Waals surface area contributed by atoms with Gasteiger partial charge in [-0.05, 0) is 17.7 Å². The Bertz CT molecular complexity index is 511. The zero-order valence-corrected chi connectivity index (χ0v) is 11.6. The van der Waals surface area contributed by atoms with Gasteiger partial charge in [-0.25, -0.2) is 0 Å². The van der Waals surface area contributed by atoms with Crippen molar-refractivity contribution in [3.63, 3.8) is 0 Å². The highest BCUT2D eigenvalue weighted by Crippen LogP contribution is 2.27. The molecule has 0 heterocycles. The van der Waals surface area contributed by atoms with Crippen molar-refractivity contribution in [3.05, 3.63) is 66.2 Å². The number of thioether (sulfide) groups is 1. The third-order valence-electron chi connectivity index (χ3n) is 2.62. The Kier molecular flexibility index (Phi) is 5.04. The number of carbonyl (C=O) groups excluding carboxylic acids is 1. The predicted molar refractivity (Wildman–Crippen MR) is 78.1 cm³/mol. The molecule has 0 saturated heterocycles. The van der Waals surface area contributed by atoms with E-state index in [1.165, 1.54) is 11.8 Å². The minimum atomic E-state index is -0.248. The van der Waals surface area contributed by atoms with Gasteiger partial charge in [0, 0.05) is 17.6 Å². The standard InChI is InChI=1S/C16H16O2S/c1-13(17)18-16(14-8-4-2-5-9-14)12-19-15-10-6-3-7-11-15/h2-11,16H,12H2,1H3/t16-/m1/s1. The molecule has 0 saturated carbocycles. The number of rotatable bonds is 5. The summed E-state index contributed by atoms with van der Waals surface area (Å²) in [7, 11) is 0. The Hall–Kier alpha value is -1.74. The molecule has 0 unspecified atom stereocenters. The lowest BCUT2D eigenvalue weighted by molar-refractivity contribution is -0.145. The van der Waals surface area contributed by atoms with Gasteiger partial charge in [0.25, 0.3) is 0 Å². The maximum Gasteiger partial charge on any atom is 0.303 e. The number of benzene rings is 2. The molecule has 2 aromatic rings. The highest BCUT2D eigenvalue weighted by Gasteiger charge is 2.14. The Morgan fingerprint density at radius 3 is 2.21 bits per heavy atom. The molecule has 0 radical (unpaired) electrons. The van der Waals surface area contributed by atoms with E-state index >= 15 is 0 Å². The fourth-order valence-corrected chi connectivity index (χ4v) is 2.71. The van der Waals surface area contributed by atoms with Crippen molar-refractivity contribution in [1.29, 1.82) is 0 Å². The molecule has 0 fully saturated rings. The van der Waals surface area contributed by atoms with Crippen LogP contribution in [0.3, 0.4) is 0 Å². The van der Waals surface area contributed by atoms with Crippen LogP contribution in [-0.2, 0) is 9.53 Å². The van der Waals surface area contributed by atoms with Crippen LogP contribution in [0.2, 0.25) is 0 Å². The van der Waals surface area contributed by atoms with Crippen LogP contribution in [0.25, 0.3) is 0 Å². The van der Waals surface area contributed by atoms with Crippen LogP contribution >= 0.6 is 11.8 Å². The normalized spacial score (nSPS) is 11.8. The van der Waals surface area contributed by atoms with E-state index in [9.17, 15) is 4.79 Å². The quantitative estimate of drug-likeness (QED) is 0.606. The zero-order chi connectivity index (χ0) is 13.5. The summed E-state index contributed by atoms with van der Waals surface area (Å²) in [6, 6.07) is 20.0. The average molecular weight is 272 g/mol. The first-order chi connectivity index (χ1) is 9.25. The third kappa shape index (κ3) is 4.45. The Morgan fingerprint density at radius 1 is 1.05 bits per heavy atom. The van der Waals surface area contributed by atoms with Gasteiger partial charge in [0.05, 0.1) is 0 Å². The van der Waals surface area contributed by atoms with Gasteiger partial charge >= 0.3 is 5.97 Å². The maximum atomic E-state index is 11.2. The molecule has 0 aromatic heterocycles. The van der Waals surface area contributed by atoms with Gasteiger partial charge < -0.3 is 4.74 Å². The third-order valence-corrected chi connectivity index (χ3v) is 3.70. The summed E-state index contributed by atoms with van der Waals surface area (Å²) in [5.41, 5.74) is 1.03. The first-order valence-corrected chi connectivity index (χ1v) is 7.14. The van der Waals surface area contributed by atoms with Crippen LogP contribution < -0.4 is 0 Å². The van der Waals surface area contributed by atoms with Gasteiger partial charge in [-0.15, -0.1) is 11.8 Å². The van der Waals surface area contributed by atoms with Gasteiger partial charge in [-0.3, -0.25) is 4.79 Å². The highest BCUT2D eigenvalue weighted by molar-refractivity contribution is 7.99. The fraction of sp³-hybridized carbons (Fsp3) is 0.188. The molecule has 0 amide bonds. The van der Waals surface area contributed by atoms with Gasteiger partial charge in [0.1, 0.15) is 6.10 Å². The maximum absolute atomic E-state index is 11.2. The van der Waals surface area contributed by atoms with Gasteiger partial charge in [-0.1, -0.05) is 48.5 Å². The summed E-state index contributed by atoms with van der Waals surface area (Å²) in [6.07, 6.45) is -0.205. The van der Waals surface area contributed by atoms with E-state index in [1.807, 2.05) is 48.5 Å². The number of esters is 1. The molecule has 0 N–H and O–H groups in total. The molecule has 2 aromatic carbocycles. The molecular weight excluding hydrogens is 256 g/mol. The summed E-state index contributed by atoms with van der Waals surface area (Å²) in [5, 5.41) is 0. The van der Waals surface area contributed by atoms with Crippen molar-refractivity contribution in [1.82, 2.24) is 0 Å². The lowest BCUT2D eigenvalue weighted by Crippen LogP contribution is -2.10. The number of carbonyl (C=O) groups is 1. The molecule has 2 nitrogen and oxygen atoms in total. The van der Waals surface area contributed by atoms with Crippen molar-refractivity contribution in [2.45, 2.75) is 17.9 Å². The molecule has 0 bridgehead atoms. The van der Waals surface area contributed by atoms with Crippen molar-refractivity contribution in [2.75, 3.05) is 5.75 Å². The fourth-order valence-electron chi connectivity index (χ4n) is 1.75. The molecule has 0 aliphatic heterocycles.